The topological polar surface area (TPSA) is 58.6 Å². The van der Waals surface area contributed by atoms with Gasteiger partial charge >= 0.3 is 0 Å². The third kappa shape index (κ3) is 5.95. The molecule has 1 aliphatic carbocycles. The molecule has 1 fully saturated rings. The zero-order chi connectivity index (χ0) is 21.5. The summed E-state index contributed by atoms with van der Waals surface area (Å²) in [5.74, 6) is -0.508. The van der Waals surface area contributed by atoms with E-state index in [2.05, 4.69) is 5.32 Å². The summed E-state index contributed by atoms with van der Waals surface area (Å²) in [4.78, 5) is 27.2. The number of rotatable bonds is 8. The monoisotopic (exact) mass is 432 g/mol. The molecule has 30 heavy (non-hydrogen) atoms. The van der Waals surface area contributed by atoms with Crippen molar-refractivity contribution >= 4 is 23.4 Å². The van der Waals surface area contributed by atoms with E-state index in [4.69, 9.17) is 16.3 Å². The number of nitrogens with one attached hydrogen (secondary N) is 1. The van der Waals surface area contributed by atoms with Crippen LogP contribution in [0.2, 0.25) is 5.02 Å². The minimum Gasteiger partial charge on any atom is -0.482 e. The molecule has 7 heteroatoms. The van der Waals surface area contributed by atoms with Gasteiger partial charge < -0.3 is 15.0 Å². The summed E-state index contributed by atoms with van der Waals surface area (Å²) in [6.45, 7) is 1.61. The predicted molar refractivity (Wildman–Crippen MR) is 114 cm³/mol. The highest BCUT2D eigenvalue weighted by atomic mass is 35.5. The molecule has 3 rings (SSSR count). The van der Waals surface area contributed by atoms with Crippen LogP contribution in [0, 0.1) is 5.82 Å². The number of ether oxygens (including phenoxy) is 1. The zero-order valence-corrected chi connectivity index (χ0v) is 17.7. The number of hydrogen-bond acceptors (Lipinski definition) is 3. The van der Waals surface area contributed by atoms with Crippen LogP contribution >= 0.6 is 11.6 Å². The van der Waals surface area contributed by atoms with Gasteiger partial charge in [-0.05, 0) is 49.6 Å². The number of halogens is 2. The Kier molecular flexibility index (Phi) is 7.69. The maximum Gasteiger partial charge on any atom is 0.261 e. The SMILES string of the molecule is CC(C(=O)NC1CCCC1)N(Cc1ccc(F)cc1)C(=O)COc1ccccc1Cl. The first-order chi connectivity index (χ1) is 14.4. The Morgan fingerprint density at radius 1 is 1.17 bits per heavy atom. The van der Waals surface area contributed by atoms with Crippen LogP contribution in [0.15, 0.2) is 48.5 Å². The lowest BCUT2D eigenvalue weighted by atomic mass is 10.1. The first-order valence-corrected chi connectivity index (χ1v) is 10.5. The van der Waals surface area contributed by atoms with Crippen LogP contribution in [-0.4, -0.2) is 35.4 Å². The molecule has 5 nitrogen and oxygen atoms in total. The van der Waals surface area contributed by atoms with E-state index in [-0.39, 0.29) is 36.8 Å². The van der Waals surface area contributed by atoms with E-state index in [0.717, 1.165) is 31.2 Å². The Morgan fingerprint density at radius 3 is 2.50 bits per heavy atom. The molecule has 0 heterocycles. The number of amides is 2. The maximum absolute atomic E-state index is 13.3. The highest BCUT2D eigenvalue weighted by molar-refractivity contribution is 6.32. The lowest BCUT2D eigenvalue weighted by molar-refractivity contribution is -0.142. The van der Waals surface area contributed by atoms with Crippen LogP contribution in [0.25, 0.3) is 0 Å². The maximum atomic E-state index is 13.3. The van der Waals surface area contributed by atoms with Gasteiger partial charge in [-0.1, -0.05) is 48.7 Å². The molecule has 0 radical (unpaired) electrons. The molecule has 1 unspecified atom stereocenters. The van der Waals surface area contributed by atoms with Gasteiger partial charge in [0.05, 0.1) is 5.02 Å². The van der Waals surface area contributed by atoms with E-state index < -0.39 is 6.04 Å². The van der Waals surface area contributed by atoms with Crippen LogP contribution < -0.4 is 10.1 Å². The van der Waals surface area contributed by atoms with Crippen molar-refractivity contribution in [2.24, 2.45) is 0 Å². The fourth-order valence-corrected chi connectivity index (χ4v) is 3.74. The van der Waals surface area contributed by atoms with Gasteiger partial charge in [0.2, 0.25) is 5.91 Å². The van der Waals surface area contributed by atoms with E-state index in [0.29, 0.717) is 10.8 Å². The van der Waals surface area contributed by atoms with Crippen LogP contribution in [0.3, 0.4) is 0 Å². The van der Waals surface area contributed by atoms with E-state index in [1.165, 1.54) is 17.0 Å². The van der Waals surface area contributed by atoms with E-state index in [1.807, 2.05) is 0 Å². The summed E-state index contributed by atoms with van der Waals surface area (Å²) in [6.07, 6.45) is 4.12. The fraction of sp³-hybridized carbons (Fsp3) is 0.391. The quantitative estimate of drug-likeness (QED) is 0.675. The molecule has 2 aromatic carbocycles. The van der Waals surface area contributed by atoms with Crippen LogP contribution in [0.1, 0.15) is 38.2 Å². The predicted octanol–water partition coefficient (Wildman–Crippen LogP) is 4.33. The molecule has 0 aliphatic heterocycles. The molecule has 2 amide bonds. The molecule has 0 spiro atoms. The van der Waals surface area contributed by atoms with E-state index >= 15 is 0 Å². The van der Waals surface area contributed by atoms with Crippen molar-refractivity contribution in [2.45, 2.75) is 51.2 Å². The number of hydrogen-bond donors (Lipinski definition) is 1. The number of benzene rings is 2. The molecule has 1 saturated carbocycles. The third-order valence-corrected chi connectivity index (χ3v) is 5.64. The van der Waals surface area contributed by atoms with Gasteiger partial charge in [0.15, 0.2) is 6.61 Å². The Hall–Kier alpha value is -2.60. The molecule has 2 aromatic rings. The number of carbonyl (C=O) groups excluding carboxylic acids is 2. The van der Waals surface area contributed by atoms with Crippen LogP contribution in [-0.2, 0) is 16.1 Å². The van der Waals surface area contributed by atoms with Gasteiger partial charge in [0.1, 0.15) is 17.6 Å². The van der Waals surface area contributed by atoms with Crippen molar-refractivity contribution in [3.05, 3.63) is 64.9 Å². The Balaban J connectivity index is 1.71. The fourth-order valence-electron chi connectivity index (χ4n) is 3.55. The van der Waals surface area contributed by atoms with Gasteiger partial charge in [-0.2, -0.15) is 0 Å². The summed E-state index contributed by atoms with van der Waals surface area (Å²) in [5.41, 5.74) is 0.725. The lowest BCUT2D eigenvalue weighted by Gasteiger charge is -2.29. The molecular formula is C23H26ClFN2O3. The third-order valence-electron chi connectivity index (χ3n) is 5.32. The molecule has 0 bridgehead atoms. The van der Waals surface area contributed by atoms with Gasteiger partial charge in [-0.15, -0.1) is 0 Å². The van der Waals surface area contributed by atoms with Gasteiger partial charge in [0, 0.05) is 12.6 Å². The standard InChI is InChI=1S/C23H26ClFN2O3/c1-16(23(29)26-19-6-2-3-7-19)27(14-17-10-12-18(25)13-11-17)22(28)15-30-21-9-5-4-8-20(21)24/h4-5,8-13,16,19H,2-3,6-7,14-15H2,1H3,(H,26,29). The Bertz CT molecular complexity index is 869. The van der Waals surface area contributed by atoms with Gasteiger partial charge in [-0.3, -0.25) is 9.59 Å². The van der Waals surface area contributed by atoms with E-state index in [1.54, 1.807) is 43.3 Å². The summed E-state index contributed by atoms with van der Waals surface area (Å²) in [7, 11) is 0. The first-order valence-electron chi connectivity index (χ1n) is 10.2. The summed E-state index contributed by atoms with van der Waals surface area (Å²) in [6, 6.07) is 12.2. The molecule has 0 saturated heterocycles. The minimum atomic E-state index is -0.696. The van der Waals surface area contributed by atoms with E-state index in [9.17, 15) is 14.0 Å². The summed E-state index contributed by atoms with van der Waals surface area (Å²) >= 11 is 6.09. The van der Waals surface area contributed by atoms with Gasteiger partial charge in [-0.25, -0.2) is 4.39 Å². The average Bonchev–Trinajstić information content (AvgIpc) is 3.25. The van der Waals surface area contributed by atoms with Crippen molar-refractivity contribution in [2.75, 3.05) is 6.61 Å². The molecule has 1 N–H and O–H groups in total. The highest BCUT2D eigenvalue weighted by Gasteiger charge is 2.28. The molecule has 0 aromatic heterocycles. The molecule has 1 atom stereocenters. The number of nitrogens with zero attached hydrogens (tertiary/aromatic N) is 1. The van der Waals surface area contributed by atoms with Crippen molar-refractivity contribution in [1.82, 2.24) is 10.2 Å². The van der Waals surface area contributed by atoms with Crippen molar-refractivity contribution < 1.29 is 18.7 Å². The van der Waals surface area contributed by atoms with Crippen LogP contribution in [0.5, 0.6) is 5.75 Å². The normalized spacial score (nSPS) is 14.9. The smallest absolute Gasteiger partial charge is 0.261 e. The number of carbonyl (C=O) groups is 2. The minimum absolute atomic E-state index is 0.155. The molecule has 1 aliphatic rings. The highest BCUT2D eigenvalue weighted by Crippen LogP contribution is 2.23. The van der Waals surface area contributed by atoms with Crippen molar-refractivity contribution in [1.29, 1.82) is 0 Å². The summed E-state index contributed by atoms with van der Waals surface area (Å²) in [5, 5.41) is 3.44. The molecule has 160 valence electrons. The number of para-hydroxylation sites is 1. The van der Waals surface area contributed by atoms with Crippen molar-refractivity contribution in [3.8, 4) is 5.75 Å². The second-order valence-electron chi connectivity index (χ2n) is 7.53. The Morgan fingerprint density at radius 2 is 1.83 bits per heavy atom. The average molecular weight is 433 g/mol. The lowest BCUT2D eigenvalue weighted by Crippen LogP contribution is -2.50. The second kappa shape index (κ2) is 10.4. The van der Waals surface area contributed by atoms with Crippen molar-refractivity contribution in [3.63, 3.8) is 0 Å². The zero-order valence-electron chi connectivity index (χ0n) is 16.9. The largest absolute Gasteiger partial charge is 0.482 e. The summed E-state index contributed by atoms with van der Waals surface area (Å²) < 4.78 is 18.9. The van der Waals surface area contributed by atoms with Crippen LogP contribution in [0.4, 0.5) is 4.39 Å². The molecular weight excluding hydrogens is 407 g/mol. The first kappa shape index (κ1) is 22.1. The Labute approximate surface area is 181 Å². The second-order valence-corrected chi connectivity index (χ2v) is 7.94. The van der Waals surface area contributed by atoms with Gasteiger partial charge in [0.25, 0.3) is 5.91 Å².